The fourth-order valence-corrected chi connectivity index (χ4v) is 1.27. The lowest BCUT2D eigenvalue weighted by atomic mass is 9.88. The van der Waals surface area contributed by atoms with Gasteiger partial charge in [0.2, 0.25) is 0 Å². The van der Waals surface area contributed by atoms with Crippen molar-refractivity contribution in [1.82, 2.24) is 0 Å². The van der Waals surface area contributed by atoms with Crippen LogP contribution in [0.15, 0.2) is 23.0 Å². The van der Waals surface area contributed by atoms with Crippen LogP contribution in [0.5, 0.6) is 0 Å². The number of aliphatic hydroxyl groups is 1. The molecular weight excluding hydrogens is 181 g/mol. The van der Waals surface area contributed by atoms with Crippen LogP contribution >= 0.6 is 0 Å². The SMILES string of the molecule is CC1=C(O)C=C(C(F)(F)F)CC1C. The summed E-state index contributed by atoms with van der Waals surface area (Å²) in [5.41, 5.74) is -0.0314. The second kappa shape index (κ2) is 3.09. The van der Waals surface area contributed by atoms with E-state index >= 15 is 0 Å². The first-order valence-electron chi connectivity index (χ1n) is 4.00. The molecule has 0 aromatic rings. The van der Waals surface area contributed by atoms with E-state index in [-0.39, 0.29) is 18.1 Å². The van der Waals surface area contributed by atoms with Crippen molar-refractivity contribution in [3.63, 3.8) is 0 Å². The second-order valence-corrected chi connectivity index (χ2v) is 3.34. The summed E-state index contributed by atoms with van der Waals surface area (Å²) >= 11 is 0. The van der Waals surface area contributed by atoms with Gasteiger partial charge in [-0.1, -0.05) is 6.92 Å². The van der Waals surface area contributed by atoms with Crippen LogP contribution < -0.4 is 0 Å². The minimum Gasteiger partial charge on any atom is -0.508 e. The Morgan fingerprint density at radius 3 is 2.38 bits per heavy atom. The molecule has 1 atom stereocenters. The van der Waals surface area contributed by atoms with Crippen molar-refractivity contribution in [2.24, 2.45) is 5.92 Å². The molecule has 1 aliphatic carbocycles. The van der Waals surface area contributed by atoms with Gasteiger partial charge in [0, 0.05) is 5.57 Å². The molecule has 0 heterocycles. The van der Waals surface area contributed by atoms with Gasteiger partial charge < -0.3 is 5.11 Å². The van der Waals surface area contributed by atoms with E-state index in [0.717, 1.165) is 6.08 Å². The molecular formula is C9H11F3O. The summed E-state index contributed by atoms with van der Waals surface area (Å²) in [7, 11) is 0. The molecule has 0 aliphatic heterocycles. The van der Waals surface area contributed by atoms with Gasteiger partial charge in [0.25, 0.3) is 0 Å². The monoisotopic (exact) mass is 192 g/mol. The van der Waals surface area contributed by atoms with E-state index < -0.39 is 11.7 Å². The molecule has 1 rings (SSSR count). The lowest BCUT2D eigenvalue weighted by Gasteiger charge is -2.22. The van der Waals surface area contributed by atoms with Gasteiger partial charge in [0.15, 0.2) is 0 Å². The molecule has 0 saturated carbocycles. The first-order chi connectivity index (χ1) is 5.82. The molecule has 1 N–H and O–H groups in total. The third kappa shape index (κ3) is 2.05. The van der Waals surface area contributed by atoms with E-state index in [1.165, 1.54) is 0 Å². The molecule has 13 heavy (non-hydrogen) atoms. The highest BCUT2D eigenvalue weighted by molar-refractivity contribution is 5.31. The zero-order valence-electron chi connectivity index (χ0n) is 7.44. The first-order valence-corrected chi connectivity index (χ1v) is 4.00. The lowest BCUT2D eigenvalue weighted by Crippen LogP contribution is -2.18. The highest BCUT2D eigenvalue weighted by Gasteiger charge is 2.36. The summed E-state index contributed by atoms with van der Waals surface area (Å²) in [5.74, 6) is -0.479. The van der Waals surface area contributed by atoms with Crippen molar-refractivity contribution in [3.05, 3.63) is 23.0 Å². The van der Waals surface area contributed by atoms with Crippen LogP contribution in [0.4, 0.5) is 13.2 Å². The van der Waals surface area contributed by atoms with Crippen molar-refractivity contribution in [2.75, 3.05) is 0 Å². The third-order valence-electron chi connectivity index (χ3n) is 2.34. The number of rotatable bonds is 0. The number of aliphatic hydroxyl groups excluding tert-OH is 1. The standard InChI is InChI=1S/C9H11F3O/c1-5-3-7(9(10,11)12)4-8(13)6(5)2/h4-5,13H,3H2,1-2H3. The van der Waals surface area contributed by atoms with Gasteiger partial charge in [-0.05, 0) is 30.9 Å². The number of allylic oxidation sites excluding steroid dienone is 3. The molecule has 1 unspecified atom stereocenters. The Morgan fingerprint density at radius 1 is 1.46 bits per heavy atom. The Balaban J connectivity index is 3.00. The summed E-state index contributed by atoms with van der Waals surface area (Å²) in [6, 6.07) is 0. The van der Waals surface area contributed by atoms with Crippen molar-refractivity contribution < 1.29 is 18.3 Å². The maximum atomic E-state index is 12.2. The molecule has 0 aromatic heterocycles. The molecule has 0 radical (unpaired) electrons. The molecule has 0 spiro atoms. The maximum Gasteiger partial charge on any atom is 0.412 e. The van der Waals surface area contributed by atoms with Gasteiger partial charge >= 0.3 is 6.18 Å². The highest BCUT2D eigenvalue weighted by atomic mass is 19.4. The van der Waals surface area contributed by atoms with Crippen molar-refractivity contribution in [1.29, 1.82) is 0 Å². The Kier molecular flexibility index (Phi) is 2.41. The van der Waals surface area contributed by atoms with E-state index in [1.54, 1.807) is 13.8 Å². The van der Waals surface area contributed by atoms with Gasteiger partial charge in [0.1, 0.15) is 5.76 Å². The molecule has 4 heteroatoms. The Labute approximate surface area is 74.6 Å². The zero-order chi connectivity index (χ0) is 10.2. The fourth-order valence-electron chi connectivity index (χ4n) is 1.27. The minimum atomic E-state index is -4.32. The lowest BCUT2D eigenvalue weighted by molar-refractivity contribution is -0.0954. The average molecular weight is 192 g/mol. The topological polar surface area (TPSA) is 20.2 Å². The molecule has 1 nitrogen and oxygen atoms in total. The summed E-state index contributed by atoms with van der Waals surface area (Å²) in [6.07, 6.45) is -3.54. The summed E-state index contributed by atoms with van der Waals surface area (Å²) in [6.45, 7) is 3.31. The Bertz CT molecular complexity index is 273. The summed E-state index contributed by atoms with van der Waals surface area (Å²) in [4.78, 5) is 0. The Hall–Kier alpha value is -0.930. The van der Waals surface area contributed by atoms with Crippen LogP contribution in [0.1, 0.15) is 20.3 Å². The van der Waals surface area contributed by atoms with Gasteiger partial charge in [-0.3, -0.25) is 0 Å². The minimum absolute atomic E-state index is 0.0423. The summed E-state index contributed by atoms with van der Waals surface area (Å²) in [5, 5.41) is 9.19. The van der Waals surface area contributed by atoms with E-state index in [9.17, 15) is 18.3 Å². The van der Waals surface area contributed by atoms with Crippen LogP contribution in [-0.4, -0.2) is 11.3 Å². The van der Waals surface area contributed by atoms with Crippen LogP contribution in [0.3, 0.4) is 0 Å². The molecule has 0 amide bonds. The largest absolute Gasteiger partial charge is 0.508 e. The summed E-state index contributed by atoms with van der Waals surface area (Å²) < 4.78 is 36.6. The van der Waals surface area contributed by atoms with Gasteiger partial charge in [-0.25, -0.2) is 0 Å². The molecule has 1 aliphatic rings. The maximum absolute atomic E-state index is 12.2. The predicted octanol–water partition coefficient (Wildman–Crippen LogP) is 3.35. The third-order valence-corrected chi connectivity index (χ3v) is 2.34. The van der Waals surface area contributed by atoms with E-state index in [0.29, 0.717) is 5.57 Å². The van der Waals surface area contributed by atoms with Crippen molar-refractivity contribution >= 4 is 0 Å². The predicted molar refractivity (Wildman–Crippen MR) is 43.2 cm³/mol. The normalized spacial score (nSPS) is 24.7. The highest BCUT2D eigenvalue weighted by Crippen LogP contribution is 2.37. The quantitative estimate of drug-likeness (QED) is 0.624. The fraction of sp³-hybridized carbons (Fsp3) is 0.556. The van der Waals surface area contributed by atoms with Crippen molar-refractivity contribution in [3.8, 4) is 0 Å². The average Bonchev–Trinajstić information content (AvgIpc) is 1.97. The molecule has 0 fully saturated rings. The van der Waals surface area contributed by atoms with E-state index in [4.69, 9.17) is 0 Å². The number of alkyl halides is 3. The number of halogens is 3. The van der Waals surface area contributed by atoms with E-state index in [2.05, 4.69) is 0 Å². The zero-order valence-corrected chi connectivity index (χ0v) is 7.44. The van der Waals surface area contributed by atoms with Gasteiger partial charge in [-0.2, -0.15) is 13.2 Å². The second-order valence-electron chi connectivity index (χ2n) is 3.34. The van der Waals surface area contributed by atoms with Crippen LogP contribution in [0.2, 0.25) is 0 Å². The van der Waals surface area contributed by atoms with Gasteiger partial charge in [-0.15, -0.1) is 0 Å². The molecule has 74 valence electrons. The van der Waals surface area contributed by atoms with E-state index in [1.807, 2.05) is 0 Å². The van der Waals surface area contributed by atoms with Crippen molar-refractivity contribution in [2.45, 2.75) is 26.4 Å². The number of hydrogen-bond acceptors (Lipinski definition) is 1. The van der Waals surface area contributed by atoms with Crippen LogP contribution in [-0.2, 0) is 0 Å². The van der Waals surface area contributed by atoms with Crippen LogP contribution in [0.25, 0.3) is 0 Å². The molecule has 0 aromatic carbocycles. The smallest absolute Gasteiger partial charge is 0.412 e. The first kappa shape index (κ1) is 10.2. The number of hydrogen-bond donors (Lipinski definition) is 1. The molecule has 0 bridgehead atoms. The van der Waals surface area contributed by atoms with Gasteiger partial charge in [0.05, 0.1) is 0 Å². The van der Waals surface area contributed by atoms with Crippen LogP contribution in [0, 0.1) is 5.92 Å². The molecule has 0 saturated heterocycles. The Morgan fingerprint density at radius 2 is 2.00 bits per heavy atom.